The van der Waals surface area contributed by atoms with Crippen LogP contribution in [0.3, 0.4) is 0 Å². The summed E-state index contributed by atoms with van der Waals surface area (Å²) in [6.07, 6.45) is 1.37. The molecule has 0 atom stereocenters. The molecular formula is C16H20FN3O2S. The summed E-state index contributed by atoms with van der Waals surface area (Å²) in [7, 11) is 1.74. The Morgan fingerprint density at radius 2 is 2.13 bits per heavy atom. The van der Waals surface area contributed by atoms with Crippen molar-refractivity contribution in [1.82, 2.24) is 9.88 Å². The Labute approximate surface area is 138 Å². The fourth-order valence-electron chi connectivity index (χ4n) is 1.97. The van der Waals surface area contributed by atoms with Crippen LogP contribution < -0.4 is 10.5 Å². The number of ether oxygens (including phenoxy) is 1. The summed E-state index contributed by atoms with van der Waals surface area (Å²) in [4.78, 5) is 18.1. The Morgan fingerprint density at radius 1 is 1.39 bits per heavy atom. The predicted molar refractivity (Wildman–Crippen MR) is 88.3 cm³/mol. The first-order valence-corrected chi connectivity index (χ1v) is 8.26. The third kappa shape index (κ3) is 5.30. The zero-order valence-corrected chi connectivity index (χ0v) is 13.8. The van der Waals surface area contributed by atoms with Crippen LogP contribution in [-0.2, 0) is 6.42 Å². The van der Waals surface area contributed by atoms with Gasteiger partial charge in [-0.05, 0) is 37.2 Å². The number of rotatable bonds is 8. The molecule has 23 heavy (non-hydrogen) atoms. The highest BCUT2D eigenvalue weighted by Crippen LogP contribution is 2.13. The van der Waals surface area contributed by atoms with E-state index < -0.39 is 0 Å². The highest BCUT2D eigenvalue weighted by atomic mass is 32.1. The van der Waals surface area contributed by atoms with Gasteiger partial charge in [0, 0.05) is 25.4 Å². The molecule has 5 nitrogen and oxygen atoms in total. The van der Waals surface area contributed by atoms with Gasteiger partial charge in [0.05, 0.1) is 11.6 Å². The van der Waals surface area contributed by atoms with Crippen LogP contribution in [0.1, 0.15) is 21.9 Å². The van der Waals surface area contributed by atoms with Crippen LogP contribution in [0.5, 0.6) is 5.75 Å². The van der Waals surface area contributed by atoms with Crippen molar-refractivity contribution in [3.63, 3.8) is 0 Å². The standard InChI is InChI=1S/C16H20FN3O2S/c1-20(16(21)14-11-23-15(19-14)7-8-18)9-2-10-22-13-5-3-12(17)4-6-13/h3-6,11H,2,7-10,18H2,1H3. The van der Waals surface area contributed by atoms with Gasteiger partial charge in [-0.15, -0.1) is 11.3 Å². The molecule has 0 aliphatic rings. The highest BCUT2D eigenvalue weighted by Gasteiger charge is 2.15. The number of hydrogen-bond acceptors (Lipinski definition) is 5. The van der Waals surface area contributed by atoms with E-state index in [0.717, 1.165) is 5.01 Å². The predicted octanol–water partition coefficient (Wildman–Crippen LogP) is 2.32. The van der Waals surface area contributed by atoms with Crippen molar-refractivity contribution in [3.05, 3.63) is 46.2 Å². The van der Waals surface area contributed by atoms with Crippen LogP contribution in [0, 0.1) is 5.82 Å². The number of benzene rings is 1. The lowest BCUT2D eigenvalue weighted by Gasteiger charge is -2.16. The minimum Gasteiger partial charge on any atom is -0.494 e. The second kappa shape index (κ2) is 8.59. The second-order valence-corrected chi connectivity index (χ2v) is 5.99. The van der Waals surface area contributed by atoms with E-state index in [9.17, 15) is 9.18 Å². The molecule has 0 fully saturated rings. The van der Waals surface area contributed by atoms with Crippen molar-refractivity contribution in [2.45, 2.75) is 12.8 Å². The number of thiazole rings is 1. The van der Waals surface area contributed by atoms with Crippen LogP contribution in [0.2, 0.25) is 0 Å². The number of nitrogens with zero attached hydrogens (tertiary/aromatic N) is 2. The van der Waals surface area contributed by atoms with Crippen LogP contribution in [0.4, 0.5) is 4.39 Å². The van der Waals surface area contributed by atoms with Crippen LogP contribution in [0.25, 0.3) is 0 Å². The largest absolute Gasteiger partial charge is 0.494 e. The maximum atomic E-state index is 12.8. The van der Waals surface area contributed by atoms with E-state index in [-0.39, 0.29) is 11.7 Å². The van der Waals surface area contributed by atoms with Gasteiger partial charge in [-0.2, -0.15) is 0 Å². The third-order valence-electron chi connectivity index (χ3n) is 3.20. The molecule has 0 saturated carbocycles. The Bertz CT molecular complexity index is 631. The zero-order chi connectivity index (χ0) is 16.7. The molecule has 0 aliphatic heterocycles. The van der Waals surface area contributed by atoms with Crippen molar-refractivity contribution < 1.29 is 13.9 Å². The van der Waals surface area contributed by atoms with Crippen LogP contribution in [0.15, 0.2) is 29.6 Å². The number of hydrogen-bond donors (Lipinski definition) is 1. The number of carbonyl (C=O) groups excluding carboxylic acids is 1. The first-order chi connectivity index (χ1) is 11.1. The fourth-order valence-corrected chi connectivity index (χ4v) is 2.76. The molecule has 0 bridgehead atoms. The van der Waals surface area contributed by atoms with E-state index in [0.29, 0.717) is 44.0 Å². The monoisotopic (exact) mass is 337 g/mol. The SMILES string of the molecule is CN(CCCOc1ccc(F)cc1)C(=O)c1csc(CCN)n1. The minimum atomic E-state index is -0.292. The van der Waals surface area contributed by atoms with E-state index in [2.05, 4.69) is 4.98 Å². The Hall–Kier alpha value is -1.99. The minimum absolute atomic E-state index is 0.105. The molecule has 0 unspecified atom stereocenters. The fraction of sp³-hybridized carbons (Fsp3) is 0.375. The van der Waals surface area contributed by atoms with Gasteiger partial charge < -0.3 is 15.4 Å². The zero-order valence-electron chi connectivity index (χ0n) is 13.0. The van der Waals surface area contributed by atoms with Crippen molar-refractivity contribution in [2.75, 3.05) is 26.7 Å². The topological polar surface area (TPSA) is 68.5 Å². The van der Waals surface area contributed by atoms with E-state index in [1.54, 1.807) is 29.5 Å². The average molecular weight is 337 g/mol. The molecule has 2 N–H and O–H groups in total. The lowest BCUT2D eigenvalue weighted by molar-refractivity contribution is 0.0782. The van der Waals surface area contributed by atoms with Gasteiger partial charge in [0.25, 0.3) is 5.91 Å². The summed E-state index contributed by atoms with van der Waals surface area (Å²) >= 11 is 1.45. The Kier molecular flexibility index (Phi) is 6.49. The smallest absolute Gasteiger partial charge is 0.273 e. The summed E-state index contributed by atoms with van der Waals surface area (Å²) in [6, 6.07) is 5.87. The number of nitrogens with two attached hydrogens (primary N) is 1. The van der Waals surface area contributed by atoms with Crippen LogP contribution >= 0.6 is 11.3 Å². The molecule has 0 aliphatic carbocycles. The lowest BCUT2D eigenvalue weighted by Crippen LogP contribution is -2.29. The van der Waals surface area contributed by atoms with Crippen molar-refractivity contribution in [3.8, 4) is 5.75 Å². The number of aromatic nitrogens is 1. The maximum absolute atomic E-state index is 12.8. The summed E-state index contributed by atoms with van der Waals surface area (Å²) in [6.45, 7) is 1.54. The third-order valence-corrected chi connectivity index (χ3v) is 4.10. The van der Waals surface area contributed by atoms with Crippen molar-refractivity contribution in [1.29, 1.82) is 0 Å². The van der Waals surface area contributed by atoms with Gasteiger partial charge in [-0.25, -0.2) is 9.37 Å². The Balaban J connectivity index is 1.74. The lowest BCUT2D eigenvalue weighted by atomic mass is 10.3. The molecule has 0 spiro atoms. The van der Waals surface area contributed by atoms with Crippen molar-refractivity contribution in [2.24, 2.45) is 5.73 Å². The van der Waals surface area contributed by atoms with Gasteiger partial charge in [0.2, 0.25) is 0 Å². The molecule has 124 valence electrons. The summed E-state index contributed by atoms with van der Waals surface area (Å²) in [5.74, 6) is 0.220. The first-order valence-electron chi connectivity index (χ1n) is 7.38. The molecule has 2 aromatic rings. The molecule has 0 saturated heterocycles. The molecule has 1 aromatic carbocycles. The molecule has 1 heterocycles. The van der Waals surface area contributed by atoms with E-state index in [1.165, 1.54) is 23.5 Å². The molecule has 1 aromatic heterocycles. The molecular weight excluding hydrogens is 317 g/mol. The Morgan fingerprint density at radius 3 is 2.83 bits per heavy atom. The van der Waals surface area contributed by atoms with Gasteiger partial charge in [-0.1, -0.05) is 0 Å². The van der Waals surface area contributed by atoms with Crippen molar-refractivity contribution >= 4 is 17.2 Å². The second-order valence-electron chi connectivity index (χ2n) is 5.05. The molecule has 2 rings (SSSR count). The van der Waals surface area contributed by atoms with Gasteiger partial charge in [0.15, 0.2) is 0 Å². The molecule has 0 radical (unpaired) electrons. The number of carbonyl (C=O) groups is 1. The average Bonchev–Trinajstić information content (AvgIpc) is 3.01. The quantitative estimate of drug-likeness (QED) is 0.751. The van der Waals surface area contributed by atoms with E-state index in [1.807, 2.05) is 0 Å². The van der Waals surface area contributed by atoms with Gasteiger partial charge in [0.1, 0.15) is 17.3 Å². The number of halogens is 1. The molecule has 7 heteroatoms. The first kappa shape index (κ1) is 17.4. The number of amides is 1. The summed E-state index contributed by atoms with van der Waals surface area (Å²) < 4.78 is 18.3. The van der Waals surface area contributed by atoms with E-state index in [4.69, 9.17) is 10.5 Å². The van der Waals surface area contributed by atoms with E-state index >= 15 is 0 Å². The van der Waals surface area contributed by atoms with Gasteiger partial charge >= 0.3 is 0 Å². The summed E-state index contributed by atoms with van der Waals surface area (Å²) in [5, 5.41) is 2.64. The summed E-state index contributed by atoms with van der Waals surface area (Å²) in [5.41, 5.74) is 5.94. The van der Waals surface area contributed by atoms with Gasteiger partial charge in [-0.3, -0.25) is 4.79 Å². The normalized spacial score (nSPS) is 10.6. The van der Waals surface area contributed by atoms with Crippen LogP contribution in [-0.4, -0.2) is 42.5 Å². The highest BCUT2D eigenvalue weighted by molar-refractivity contribution is 7.09. The maximum Gasteiger partial charge on any atom is 0.273 e. The molecule has 1 amide bonds.